The molecule has 5 heterocycles. The number of para-hydroxylation sites is 1. The molecule has 15 nitrogen and oxygen atoms in total. The average molecular weight is 831 g/mol. The number of amides is 3. The molecule has 0 bridgehead atoms. The predicted molar refractivity (Wildman–Crippen MR) is 217 cm³/mol. The van der Waals surface area contributed by atoms with Crippen molar-refractivity contribution >= 4 is 51.0 Å². The van der Waals surface area contributed by atoms with E-state index in [4.69, 9.17) is 5.10 Å². The minimum Gasteiger partial charge on any atom is -0.386 e. The van der Waals surface area contributed by atoms with E-state index < -0.39 is 35.5 Å². The number of nitrogens with one attached hydrogen (secondary N) is 2. The largest absolute Gasteiger partial charge is 0.451 e. The second kappa shape index (κ2) is 15.8. The van der Waals surface area contributed by atoms with E-state index in [1.807, 2.05) is 29.1 Å². The lowest BCUT2D eigenvalue weighted by atomic mass is 9.85. The number of hydrogen-bond donors (Lipinski definition) is 3. The van der Waals surface area contributed by atoms with Gasteiger partial charge >= 0.3 is 11.9 Å². The molecule has 3 amide bonds. The van der Waals surface area contributed by atoms with Crippen molar-refractivity contribution in [1.29, 1.82) is 0 Å². The van der Waals surface area contributed by atoms with Crippen LogP contribution in [0.3, 0.4) is 0 Å². The molecule has 1 atom stereocenters. The molecule has 1 aliphatic carbocycles. The Balaban J connectivity index is 0.879. The van der Waals surface area contributed by atoms with Gasteiger partial charge in [0, 0.05) is 74.4 Å². The summed E-state index contributed by atoms with van der Waals surface area (Å²) >= 11 is 0. The summed E-state index contributed by atoms with van der Waals surface area (Å²) in [7, 11) is 3.94. The molecule has 0 spiro atoms. The van der Waals surface area contributed by atoms with Gasteiger partial charge in [0.25, 0.3) is 5.91 Å². The number of aryl methyl sites for hydroxylation is 1. The first-order valence-corrected chi connectivity index (χ1v) is 20.4. The smallest absolute Gasteiger partial charge is 0.386 e. The maximum Gasteiger partial charge on any atom is 0.451 e. The Morgan fingerprint density at radius 3 is 2.35 bits per heavy atom. The summed E-state index contributed by atoms with van der Waals surface area (Å²) in [5.74, 6) is -2.28. The van der Waals surface area contributed by atoms with Gasteiger partial charge in [-0.25, -0.2) is 14.8 Å². The third-order valence-corrected chi connectivity index (χ3v) is 12.5. The zero-order chi connectivity index (χ0) is 42.7. The third kappa shape index (κ3) is 8.01. The Bertz CT molecular complexity index is 2510. The molecular weight excluding hydrogens is 782 g/mol. The van der Waals surface area contributed by atoms with Crippen LogP contribution in [0, 0.1) is 5.92 Å². The number of benzene rings is 2. The number of imidazole rings is 1. The minimum absolute atomic E-state index is 0.156. The minimum atomic E-state index is -4.73. The summed E-state index contributed by atoms with van der Waals surface area (Å²) in [5.41, 5.74) is 2.03. The zero-order valence-corrected chi connectivity index (χ0v) is 34.0. The number of anilines is 2. The molecule has 1 saturated carbocycles. The van der Waals surface area contributed by atoms with Crippen LogP contribution in [0.4, 0.5) is 24.5 Å². The van der Waals surface area contributed by atoms with Crippen molar-refractivity contribution in [2.24, 2.45) is 13.0 Å². The number of fused-ring (bicyclic) bond motifs is 2. The Morgan fingerprint density at radius 1 is 1.00 bits per heavy atom. The first-order chi connectivity index (χ1) is 28.5. The topological polar surface area (TPSA) is 173 Å². The zero-order valence-electron chi connectivity index (χ0n) is 34.0. The number of carbonyl (C=O) groups excluding carboxylic acids is 3. The first-order valence-electron chi connectivity index (χ1n) is 20.4. The molecule has 3 N–H and O–H groups in total. The van der Waals surface area contributed by atoms with Crippen LogP contribution in [0.25, 0.3) is 21.9 Å². The van der Waals surface area contributed by atoms with Crippen molar-refractivity contribution in [3.8, 4) is 0 Å². The van der Waals surface area contributed by atoms with Crippen LogP contribution in [0.2, 0.25) is 0 Å². The fraction of sp³-hybridized carbons (Fsp3) is 0.500. The summed E-state index contributed by atoms with van der Waals surface area (Å²) in [6.07, 6.45) is 5.25. The van der Waals surface area contributed by atoms with Gasteiger partial charge in [-0.15, -0.1) is 0 Å². The van der Waals surface area contributed by atoms with Gasteiger partial charge in [-0.3, -0.25) is 33.5 Å². The van der Waals surface area contributed by atoms with E-state index in [1.165, 1.54) is 4.57 Å². The van der Waals surface area contributed by atoms with E-state index in [0.717, 1.165) is 87.1 Å². The van der Waals surface area contributed by atoms with Crippen LogP contribution in [-0.2, 0) is 28.4 Å². The Morgan fingerprint density at radius 2 is 1.70 bits per heavy atom. The van der Waals surface area contributed by atoms with Gasteiger partial charge in [-0.1, -0.05) is 6.07 Å². The number of hydrogen-bond acceptors (Lipinski definition) is 10. The fourth-order valence-corrected chi connectivity index (χ4v) is 9.27. The molecule has 60 heavy (non-hydrogen) atoms. The number of piperidine rings is 2. The van der Waals surface area contributed by atoms with E-state index >= 15 is 0 Å². The molecule has 2 aliphatic heterocycles. The van der Waals surface area contributed by atoms with Gasteiger partial charge in [0.15, 0.2) is 0 Å². The van der Waals surface area contributed by atoms with E-state index in [2.05, 4.69) is 37.4 Å². The molecule has 3 aromatic heterocycles. The van der Waals surface area contributed by atoms with Gasteiger partial charge in [0.1, 0.15) is 6.04 Å². The highest BCUT2D eigenvalue weighted by Gasteiger charge is 2.36. The standard InChI is InChI=1S/C42H49F3N10O5/c1-41(2,60)29-19-30-25(18-31(29)48-37(57)26-20-46-39(47-21-26)42(43,44)45)23-54(50-30)28-10-8-24(9-11-28)22-51(3)27-14-16-53(17-15-27)32-6-5-7-33-36(32)52(4)40(59)55(33)34-12-13-35(56)49-38(34)58/h5-7,18-21,23-24,27-28,34,60H,8-17,22H2,1-4H3,(H,48,57)(H,49,56,58)/t24-,28-,34?. The first kappa shape index (κ1) is 41.1. The number of halogens is 3. The quantitative estimate of drug-likeness (QED) is 0.166. The lowest BCUT2D eigenvalue weighted by Crippen LogP contribution is -2.45. The van der Waals surface area contributed by atoms with Crippen molar-refractivity contribution in [1.82, 2.24) is 39.1 Å². The van der Waals surface area contributed by atoms with E-state index in [9.17, 15) is 37.5 Å². The number of rotatable bonds is 9. The van der Waals surface area contributed by atoms with E-state index in [0.29, 0.717) is 40.7 Å². The van der Waals surface area contributed by atoms with Crippen LogP contribution in [-0.4, -0.2) is 89.3 Å². The highest BCUT2D eigenvalue weighted by atomic mass is 19.4. The second-order valence-corrected chi connectivity index (χ2v) is 17.0. The number of aliphatic hydroxyl groups is 1. The summed E-state index contributed by atoms with van der Waals surface area (Å²) in [4.78, 5) is 62.4. The normalized spacial score (nSPS) is 20.9. The lowest BCUT2D eigenvalue weighted by Gasteiger charge is -2.40. The van der Waals surface area contributed by atoms with Crippen molar-refractivity contribution in [2.45, 2.75) is 95.1 Å². The highest BCUT2D eigenvalue weighted by Crippen LogP contribution is 2.37. The maximum absolute atomic E-state index is 13.5. The van der Waals surface area contributed by atoms with Crippen molar-refractivity contribution in [3.63, 3.8) is 0 Å². The average Bonchev–Trinajstić information content (AvgIpc) is 3.74. The van der Waals surface area contributed by atoms with Gasteiger partial charge < -0.3 is 20.2 Å². The molecule has 18 heteroatoms. The summed E-state index contributed by atoms with van der Waals surface area (Å²) < 4.78 is 44.0. The van der Waals surface area contributed by atoms with Crippen LogP contribution in [0.5, 0.6) is 0 Å². The fourth-order valence-electron chi connectivity index (χ4n) is 9.27. The molecule has 318 valence electrons. The molecule has 0 radical (unpaired) electrons. The SMILES string of the molecule is CN(C[C@H]1CC[C@H](n2cc3cc(NC(=O)c4cnc(C(F)(F)F)nc4)c(C(C)(C)O)cc3n2)CC1)C1CCN(c2cccc3c2n(C)c(=O)n3C2CCC(=O)NC2=O)CC1. The van der Waals surface area contributed by atoms with Gasteiger partial charge in [-0.05, 0) is 96.0 Å². The number of nitrogens with zero attached hydrogens (tertiary/aromatic N) is 8. The number of aromatic nitrogens is 6. The lowest BCUT2D eigenvalue weighted by molar-refractivity contribution is -0.145. The van der Waals surface area contributed by atoms with Gasteiger partial charge in [0.2, 0.25) is 17.6 Å². The molecule has 2 aromatic carbocycles. The summed E-state index contributed by atoms with van der Waals surface area (Å²) in [6, 6.07) is 9.15. The molecule has 5 aromatic rings. The molecule has 1 unspecified atom stereocenters. The Kier molecular flexibility index (Phi) is 10.8. The van der Waals surface area contributed by atoms with Crippen molar-refractivity contribution in [2.75, 3.05) is 36.9 Å². The van der Waals surface area contributed by atoms with E-state index in [-0.39, 0.29) is 29.6 Å². The Hall–Kier alpha value is -5.62. The molecule has 3 aliphatic rings. The van der Waals surface area contributed by atoms with Crippen LogP contribution < -0.4 is 21.2 Å². The number of imide groups is 1. The third-order valence-electron chi connectivity index (χ3n) is 12.5. The summed E-state index contributed by atoms with van der Waals surface area (Å²) in [5, 5.41) is 21.7. The van der Waals surface area contributed by atoms with E-state index in [1.54, 1.807) is 37.6 Å². The summed E-state index contributed by atoms with van der Waals surface area (Å²) in [6.45, 7) is 5.81. The monoisotopic (exact) mass is 830 g/mol. The highest BCUT2D eigenvalue weighted by molar-refractivity contribution is 6.05. The molecular formula is C42H49F3N10O5. The van der Waals surface area contributed by atoms with Gasteiger partial charge in [0.05, 0.1) is 39.4 Å². The predicted octanol–water partition coefficient (Wildman–Crippen LogP) is 5.29. The number of carbonyl (C=O) groups is 3. The Labute approximate surface area is 343 Å². The maximum atomic E-state index is 13.5. The molecule has 2 saturated heterocycles. The van der Waals surface area contributed by atoms with Crippen LogP contribution >= 0.6 is 0 Å². The second-order valence-electron chi connectivity index (χ2n) is 17.0. The van der Waals surface area contributed by atoms with Crippen molar-refractivity contribution < 1.29 is 32.7 Å². The molecule has 3 fully saturated rings. The van der Waals surface area contributed by atoms with Crippen LogP contribution in [0.1, 0.15) is 99.0 Å². The van der Waals surface area contributed by atoms with Gasteiger partial charge in [-0.2, -0.15) is 18.3 Å². The van der Waals surface area contributed by atoms with Crippen molar-refractivity contribution in [3.05, 3.63) is 76.4 Å². The van der Waals surface area contributed by atoms with Crippen LogP contribution in [0.15, 0.2) is 53.7 Å². The molecule has 8 rings (SSSR count). The number of alkyl halides is 3.